The fourth-order valence-corrected chi connectivity index (χ4v) is 3.32. The molecule has 0 radical (unpaired) electrons. The van der Waals surface area contributed by atoms with Gasteiger partial charge in [-0.1, -0.05) is 13.8 Å². The van der Waals surface area contributed by atoms with E-state index in [0.29, 0.717) is 0 Å². The summed E-state index contributed by atoms with van der Waals surface area (Å²) < 4.78 is 0. The van der Waals surface area contributed by atoms with E-state index in [9.17, 15) is 0 Å². The van der Waals surface area contributed by atoms with Gasteiger partial charge in [0.25, 0.3) is 0 Å². The molecular formula is C15H26N4S. The maximum absolute atomic E-state index is 4.46. The maximum atomic E-state index is 4.46. The third-order valence-electron chi connectivity index (χ3n) is 3.87. The van der Waals surface area contributed by atoms with Crippen molar-refractivity contribution in [3.05, 3.63) is 16.1 Å². The molecule has 0 unspecified atom stereocenters. The van der Waals surface area contributed by atoms with Gasteiger partial charge in [-0.25, -0.2) is 4.98 Å². The first-order valence-electron chi connectivity index (χ1n) is 7.62. The second kappa shape index (κ2) is 7.62. The van der Waals surface area contributed by atoms with E-state index in [4.69, 9.17) is 0 Å². The van der Waals surface area contributed by atoms with Crippen LogP contribution in [0.4, 0.5) is 0 Å². The van der Waals surface area contributed by atoms with Gasteiger partial charge in [0.1, 0.15) is 0 Å². The lowest BCUT2D eigenvalue weighted by atomic mass is 10.00. The van der Waals surface area contributed by atoms with Crippen molar-refractivity contribution in [2.75, 3.05) is 26.7 Å². The third kappa shape index (κ3) is 4.20. The van der Waals surface area contributed by atoms with E-state index in [0.717, 1.165) is 44.4 Å². The molecule has 1 fully saturated rings. The number of nitrogens with zero attached hydrogens (tertiary/aromatic N) is 3. The van der Waals surface area contributed by atoms with Crippen molar-refractivity contribution in [1.82, 2.24) is 15.2 Å². The van der Waals surface area contributed by atoms with Crippen molar-refractivity contribution < 1.29 is 0 Å². The number of nitrogens with one attached hydrogen (secondary N) is 1. The molecule has 0 bridgehead atoms. The highest BCUT2D eigenvalue weighted by atomic mass is 32.1. The van der Waals surface area contributed by atoms with Crippen LogP contribution in [0.1, 0.15) is 36.6 Å². The predicted molar refractivity (Wildman–Crippen MR) is 86.5 cm³/mol. The van der Waals surface area contributed by atoms with E-state index in [1.54, 1.807) is 0 Å². The quantitative estimate of drug-likeness (QED) is 0.685. The normalized spacial score (nSPS) is 17.6. The molecule has 0 spiro atoms. The standard InChI is InChI=1S/C15H26N4S/c1-4-13-11-18-14(20-13)5-8-17-15(16-3)19-9-6-12(2)7-10-19/h11-12H,4-10H2,1-3H3,(H,16,17). The highest BCUT2D eigenvalue weighted by Crippen LogP contribution is 2.16. The highest BCUT2D eigenvalue weighted by Gasteiger charge is 2.18. The Morgan fingerprint density at radius 2 is 2.25 bits per heavy atom. The summed E-state index contributed by atoms with van der Waals surface area (Å²) in [5.41, 5.74) is 0. The van der Waals surface area contributed by atoms with Gasteiger partial charge >= 0.3 is 0 Å². The molecule has 0 saturated carbocycles. The minimum Gasteiger partial charge on any atom is -0.356 e. The lowest BCUT2D eigenvalue weighted by Gasteiger charge is -2.32. The second-order valence-electron chi connectivity index (χ2n) is 5.47. The van der Waals surface area contributed by atoms with E-state index in [-0.39, 0.29) is 0 Å². The molecule has 1 aliphatic heterocycles. The lowest BCUT2D eigenvalue weighted by molar-refractivity contribution is 0.273. The summed E-state index contributed by atoms with van der Waals surface area (Å²) in [5, 5.41) is 4.69. The maximum Gasteiger partial charge on any atom is 0.193 e. The molecule has 2 rings (SSSR count). The minimum atomic E-state index is 0.854. The summed E-state index contributed by atoms with van der Waals surface area (Å²) in [6.07, 6.45) is 6.60. The zero-order chi connectivity index (χ0) is 14.4. The molecule has 5 heteroatoms. The second-order valence-corrected chi connectivity index (χ2v) is 6.67. The van der Waals surface area contributed by atoms with Crippen LogP contribution >= 0.6 is 11.3 Å². The summed E-state index contributed by atoms with van der Waals surface area (Å²) in [6, 6.07) is 0. The van der Waals surface area contributed by atoms with Gasteiger partial charge < -0.3 is 10.2 Å². The van der Waals surface area contributed by atoms with Crippen LogP contribution in [0.5, 0.6) is 0 Å². The average molecular weight is 294 g/mol. The molecular weight excluding hydrogens is 268 g/mol. The Hall–Kier alpha value is -1.10. The number of thiazole rings is 1. The van der Waals surface area contributed by atoms with Crippen LogP contribution in [0.15, 0.2) is 11.2 Å². The Labute approximate surface area is 126 Å². The Morgan fingerprint density at radius 1 is 1.50 bits per heavy atom. The summed E-state index contributed by atoms with van der Waals surface area (Å²) in [7, 11) is 1.87. The first-order chi connectivity index (χ1) is 9.72. The minimum absolute atomic E-state index is 0.854. The first-order valence-corrected chi connectivity index (χ1v) is 8.43. The van der Waals surface area contributed by atoms with Crippen molar-refractivity contribution in [1.29, 1.82) is 0 Å². The number of likely N-dealkylation sites (tertiary alicyclic amines) is 1. The fourth-order valence-electron chi connectivity index (χ4n) is 2.46. The Bertz CT molecular complexity index is 433. The average Bonchev–Trinajstić information content (AvgIpc) is 2.93. The summed E-state index contributed by atoms with van der Waals surface area (Å²) in [5.74, 6) is 1.90. The van der Waals surface area contributed by atoms with E-state index >= 15 is 0 Å². The van der Waals surface area contributed by atoms with Crippen molar-refractivity contribution in [3.8, 4) is 0 Å². The van der Waals surface area contributed by atoms with Gasteiger partial charge in [0.05, 0.1) is 5.01 Å². The van der Waals surface area contributed by atoms with E-state index in [2.05, 4.69) is 34.0 Å². The van der Waals surface area contributed by atoms with Gasteiger partial charge in [-0.05, 0) is 25.2 Å². The largest absolute Gasteiger partial charge is 0.356 e. The van der Waals surface area contributed by atoms with Crippen LogP contribution in [-0.4, -0.2) is 42.5 Å². The predicted octanol–water partition coefficient (Wildman–Crippen LogP) is 2.56. The number of hydrogen-bond acceptors (Lipinski definition) is 3. The van der Waals surface area contributed by atoms with Crippen LogP contribution in [-0.2, 0) is 12.8 Å². The van der Waals surface area contributed by atoms with Crippen LogP contribution in [0.2, 0.25) is 0 Å². The number of rotatable bonds is 4. The smallest absolute Gasteiger partial charge is 0.193 e. The van der Waals surface area contributed by atoms with Crippen molar-refractivity contribution in [2.45, 2.75) is 39.5 Å². The fraction of sp³-hybridized carbons (Fsp3) is 0.733. The lowest BCUT2D eigenvalue weighted by Crippen LogP contribution is -2.45. The highest BCUT2D eigenvalue weighted by molar-refractivity contribution is 7.11. The van der Waals surface area contributed by atoms with E-state index in [1.807, 2.05) is 24.6 Å². The number of aliphatic imine (C=N–C) groups is 1. The molecule has 0 aliphatic carbocycles. The Morgan fingerprint density at radius 3 is 2.85 bits per heavy atom. The van der Waals surface area contributed by atoms with Gasteiger partial charge in [-0.15, -0.1) is 11.3 Å². The molecule has 112 valence electrons. The summed E-state index contributed by atoms with van der Waals surface area (Å²) in [6.45, 7) is 7.67. The topological polar surface area (TPSA) is 40.5 Å². The monoisotopic (exact) mass is 294 g/mol. The van der Waals surface area contributed by atoms with Crippen molar-refractivity contribution in [3.63, 3.8) is 0 Å². The summed E-state index contributed by atoms with van der Waals surface area (Å²) in [4.78, 5) is 12.6. The van der Waals surface area contributed by atoms with Crippen molar-refractivity contribution >= 4 is 17.3 Å². The SMILES string of the molecule is CCc1cnc(CCNC(=NC)N2CCC(C)CC2)s1. The van der Waals surface area contributed by atoms with E-state index in [1.165, 1.54) is 22.7 Å². The van der Waals surface area contributed by atoms with E-state index < -0.39 is 0 Å². The number of piperidine rings is 1. The van der Waals surface area contributed by atoms with Crippen LogP contribution < -0.4 is 5.32 Å². The number of guanidine groups is 1. The third-order valence-corrected chi connectivity index (χ3v) is 5.07. The molecule has 1 aliphatic rings. The van der Waals surface area contributed by atoms with Crippen LogP contribution in [0.25, 0.3) is 0 Å². The van der Waals surface area contributed by atoms with Crippen LogP contribution in [0.3, 0.4) is 0 Å². The van der Waals surface area contributed by atoms with Gasteiger partial charge in [-0.3, -0.25) is 4.99 Å². The van der Waals surface area contributed by atoms with Gasteiger partial charge in [0, 0.05) is 44.2 Å². The molecule has 20 heavy (non-hydrogen) atoms. The van der Waals surface area contributed by atoms with Gasteiger partial charge in [-0.2, -0.15) is 0 Å². The molecule has 2 heterocycles. The molecule has 1 aromatic rings. The Balaban J connectivity index is 1.76. The zero-order valence-corrected chi connectivity index (χ0v) is 13.7. The van der Waals surface area contributed by atoms with Crippen LogP contribution in [0, 0.1) is 5.92 Å². The molecule has 4 nitrogen and oxygen atoms in total. The van der Waals surface area contributed by atoms with Crippen molar-refractivity contribution in [2.24, 2.45) is 10.9 Å². The molecule has 0 atom stereocenters. The molecule has 1 aromatic heterocycles. The molecule has 0 aromatic carbocycles. The molecule has 0 amide bonds. The first kappa shape index (κ1) is 15.3. The zero-order valence-electron chi connectivity index (χ0n) is 12.9. The summed E-state index contributed by atoms with van der Waals surface area (Å²) >= 11 is 1.82. The Kier molecular flexibility index (Phi) is 5.83. The number of aryl methyl sites for hydroxylation is 1. The van der Waals surface area contributed by atoms with Gasteiger partial charge in [0.2, 0.25) is 0 Å². The molecule has 1 saturated heterocycles. The number of aromatic nitrogens is 1. The van der Waals surface area contributed by atoms with Gasteiger partial charge in [0.15, 0.2) is 5.96 Å². The number of hydrogen-bond donors (Lipinski definition) is 1. The molecule has 1 N–H and O–H groups in total.